The largest absolute Gasteiger partial charge is 0.296 e. The molecule has 0 bridgehead atoms. The highest BCUT2D eigenvalue weighted by molar-refractivity contribution is 8.26. The van der Waals surface area contributed by atoms with Crippen molar-refractivity contribution in [2.45, 2.75) is 6.92 Å². The van der Waals surface area contributed by atoms with Crippen LogP contribution in [-0.4, -0.2) is 22.2 Å². The van der Waals surface area contributed by atoms with Gasteiger partial charge in [-0.2, -0.15) is 0 Å². The SMILES string of the molecule is Cc1ccsc1/C=C1/SC(=S)N(C)C1=O. The van der Waals surface area contributed by atoms with Crippen molar-refractivity contribution in [3.05, 3.63) is 26.8 Å². The van der Waals surface area contributed by atoms with Crippen LogP contribution in [0, 0.1) is 6.92 Å². The van der Waals surface area contributed by atoms with Crippen molar-refractivity contribution >= 4 is 51.6 Å². The molecule has 0 unspecified atom stereocenters. The smallest absolute Gasteiger partial charge is 0.265 e. The molecular formula is C10H9NOS3. The summed E-state index contributed by atoms with van der Waals surface area (Å²) in [4.78, 5) is 15.1. The summed E-state index contributed by atoms with van der Waals surface area (Å²) in [5, 5.41) is 2.02. The van der Waals surface area contributed by atoms with E-state index in [1.54, 1.807) is 18.4 Å². The molecule has 0 saturated carbocycles. The summed E-state index contributed by atoms with van der Waals surface area (Å²) < 4.78 is 0.625. The number of carbonyl (C=O) groups is 1. The molecule has 2 heterocycles. The van der Waals surface area contributed by atoms with Crippen molar-refractivity contribution in [1.82, 2.24) is 4.90 Å². The Morgan fingerprint density at radius 1 is 1.53 bits per heavy atom. The Labute approximate surface area is 102 Å². The lowest BCUT2D eigenvalue weighted by molar-refractivity contribution is -0.121. The summed E-state index contributed by atoms with van der Waals surface area (Å²) in [5.74, 6) is -0.00204. The van der Waals surface area contributed by atoms with E-state index >= 15 is 0 Å². The average Bonchev–Trinajstić information content (AvgIpc) is 2.69. The molecule has 15 heavy (non-hydrogen) atoms. The van der Waals surface area contributed by atoms with Crippen LogP contribution in [0.1, 0.15) is 10.4 Å². The summed E-state index contributed by atoms with van der Waals surface area (Å²) in [6.07, 6.45) is 1.92. The first-order chi connectivity index (χ1) is 7.09. The van der Waals surface area contributed by atoms with Gasteiger partial charge in [-0.3, -0.25) is 9.69 Å². The molecule has 0 aromatic carbocycles. The van der Waals surface area contributed by atoms with Gasteiger partial charge >= 0.3 is 0 Å². The number of carbonyl (C=O) groups excluding carboxylic acids is 1. The third-order valence-corrected chi connectivity index (χ3v) is 4.60. The van der Waals surface area contributed by atoms with Gasteiger partial charge < -0.3 is 0 Å². The van der Waals surface area contributed by atoms with Crippen LogP contribution in [0.25, 0.3) is 6.08 Å². The Kier molecular flexibility index (Phi) is 2.95. The average molecular weight is 255 g/mol. The van der Waals surface area contributed by atoms with Crippen molar-refractivity contribution < 1.29 is 4.79 Å². The molecule has 0 N–H and O–H groups in total. The molecule has 1 aromatic heterocycles. The fraction of sp³-hybridized carbons (Fsp3) is 0.200. The second-order valence-corrected chi connectivity index (χ2v) is 5.83. The number of thiocarbonyl (C=S) groups is 1. The van der Waals surface area contributed by atoms with Gasteiger partial charge in [0.2, 0.25) is 0 Å². The third-order valence-electron chi connectivity index (χ3n) is 2.15. The zero-order valence-electron chi connectivity index (χ0n) is 8.31. The maximum Gasteiger partial charge on any atom is 0.265 e. The quantitative estimate of drug-likeness (QED) is 0.568. The minimum absolute atomic E-state index is 0.00204. The Morgan fingerprint density at radius 2 is 2.27 bits per heavy atom. The summed E-state index contributed by atoms with van der Waals surface area (Å²) in [7, 11) is 1.71. The highest BCUT2D eigenvalue weighted by Crippen LogP contribution is 2.32. The van der Waals surface area contributed by atoms with E-state index in [9.17, 15) is 4.79 Å². The summed E-state index contributed by atoms with van der Waals surface area (Å²) in [6.45, 7) is 2.04. The zero-order chi connectivity index (χ0) is 11.0. The summed E-state index contributed by atoms with van der Waals surface area (Å²) in [5.41, 5.74) is 1.20. The minimum atomic E-state index is -0.00204. The highest BCUT2D eigenvalue weighted by Gasteiger charge is 2.28. The van der Waals surface area contributed by atoms with Crippen molar-refractivity contribution in [2.24, 2.45) is 0 Å². The number of amides is 1. The maximum atomic E-state index is 11.7. The van der Waals surface area contributed by atoms with Crippen LogP contribution in [0.3, 0.4) is 0 Å². The molecule has 1 aliphatic heterocycles. The lowest BCUT2D eigenvalue weighted by Crippen LogP contribution is -2.22. The molecule has 1 aliphatic rings. The van der Waals surface area contributed by atoms with E-state index in [0.717, 1.165) is 4.88 Å². The van der Waals surface area contributed by atoms with Crippen LogP contribution >= 0.6 is 35.3 Å². The van der Waals surface area contributed by atoms with Gasteiger partial charge in [0.15, 0.2) is 0 Å². The Hall–Kier alpha value is -0.650. The van der Waals surface area contributed by atoms with Gasteiger partial charge in [0.1, 0.15) is 4.32 Å². The molecule has 1 saturated heterocycles. The highest BCUT2D eigenvalue weighted by atomic mass is 32.2. The molecule has 1 fully saturated rings. The van der Waals surface area contributed by atoms with E-state index < -0.39 is 0 Å². The van der Waals surface area contributed by atoms with Gasteiger partial charge in [-0.05, 0) is 30.0 Å². The van der Waals surface area contributed by atoms with Crippen LogP contribution in [0.15, 0.2) is 16.4 Å². The van der Waals surface area contributed by atoms with E-state index in [0.29, 0.717) is 9.23 Å². The molecule has 1 amide bonds. The number of likely N-dealkylation sites (N-methyl/N-ethyl adjacent to an activating group) is 1. The molecule has 0 spiro atoms. The fourth-order valence-corrected chi connectivity index (χ4v) is 3.29. The van der Waals surface area contributed by atoms with Gasteiger partial charge in [0, 0.05) is 11.9 Å². The maximum absolute atomic E-state index is 11.7. The number of thioether (sulfide) groups is 1. The predicted molar refractivity (Wildman–Crippen MR) is 70.0 cm³/mol. The van der Waals surface area contributed by atoms with Crippen molar-refractivity contribution in [1.29, 1.82) is 0 Å². The van der Waals surface area contributed by atoms with Crippen molar-refractivity contribution in [3.63, 3.8) is 0 Å². The predicted octanol–water partition coefficient (Wildman–Crippen LogP) is 2.89. The number of aryl methyl sites for hydroxylation is 1. The Morgan fingerprint density at radius 3 is 2.73 bits per heavy atom. The van der Waals surface area contributed by atoms with Gasteiger partial charge in [-0.1, -0.05) is 24.0 Å². The van der Waals surface area contributed by atoms with Crippen LogP contribution in [0.4, 0.5) is 0 Å². The minimum Gasteiger partial charge on any atom is -0.296 e. The number of hydrogen-bond donors (Lipinski definition) is 0. The second kappa shape index (κ2) is 4.08. The van der Waals surface area contributed by atoms with E-state index in [4.69, 9.17) is 12.2 Å². The number of thiophene rings is 1. The fourth-order valence-electron chi connectivity index (χ4n) is 1.20. The summed E-state index contributed by atoms with van der Waals surface area (Å²) in [6, 6.07) is 2.04. The second-order valence-electron chi connectivity index (χ2n) is 3.21. The van der Waals surface area contributed by atoms with Crippen LogP contribution < -0.4 is 0 Å². The zero-order valence-corrected chi connectivity index (χ0v) is 10.8. The summed E-state index contributed by atoms with van der Waals surface area (Å²) >= 11 is 8.06. The van der Waals surface area contributed by atoms with Gasteiger partial charge in [0.05, 0.1) is 4.91 Å². The molecule has 2 rings (SSSR count). The first-order valence-corrected chi connectivity index (χ1v) is 6.45. The molecule has 0 atom stereocenters. The standard InChI is InChI=1S/C10H9NOS3/c1-6-3-4-14-7(6)5-8-9(12)11(2)10(13)15-8/h3-5H,1-2H3/b8-5+. The Balaban J connectivity index is 2.34. The lowest BCUT2D eigenvalue weighted by Gasteiger charge is -2.03. The van der Waals surface area contributed by atoms with Gasteiger partial charge in [-0.25, -0.2) is 0 Å². The van der Waals surface area contributed by atoms with Crippen LogP contribution in [-0.2, 0) is 4.79 Å². The number of nitrogens with zero attached hydrogens (tertiary/aromatic N) is 1. The van der Waals surface area contributed by atoms with Gasteiger partial charge in [0.25, 0.3) is 5.91 Å². The van der Waals surface area contributed by atoms with Gasteiger partial charge in [-0.15, -0.1) is 11.3 Å². The number of hydrogen-bond acceptors (Lipinski definition) is 4. The molecule has 78 valence electrons. The molecule has 5 heteroatoms. The van der Waals surface area contributed by atoms with Crippen molar-refractivity contribution in [3.8, 4) is 0 Å². The van der Waals surface area contributed by atoms with E-state index in [1.165, 1.54) is 22.2 Å². The first-order valence-electron chi connectivity index (χ1n) is 4.35. The lowest BCUT2D eigenvalue weighted by atomic mass is 10.3. The number of rotatable bonds is 1. The Bertz CT molecular complexity index is 461. The molecule has 0 radical (unpaired) electrons. The monoisotopic (exact) mass is 255 g/mol. The molecular weight excluding hydrogens is 246 g/mol. The molecule has 0 aliphatic carbocycles. The van der Waals surface area contributed by atoms with Crippen LogP contribution in [0.2, 0.25) is 0 Å². The topological polar surface area (TPSA) is 20.3 Å². The third kappa shape index (κ3) is 2.00. The molecule has 1 aromatic rings. The van der Waals surface area contributed by atoms with E-state index in [-0.39, 0.29) is 5.91 Å². The van der Waals surface area contributed by atoms with E-state index in [1.807, 2.05) is 24.4 Å². The first kappa shape index (κ1) is 10.9. The molecule has 2 nitrogen and oxygen atoms in total. The normalized spacial score (nSPS) is 19.3. The van der Waals surface area contributed by atoms with Crippen molar-refractivity contribution in [2.75, 3.05) is 7.05 Å². The van der Waals surface area contributed by atoms with E-state index in [2.05, 4.69) is 0 Å². The van der Waals surface area contributed by atoms with Crippen LogP contribution in [0.5, 0.6) is 0 Å².